The number of carboxylic acids is 1. The molecule has 0 spiro atoms. The molecule has 1 aromatic carbocycles. The van der Waals surface area contributed by atoms with E-state index >= 15 is 0 Å². The molecule has 0 aliphatic heterocycles. The van der Waals surface area contributed by atoms with Crippen LogP contribution in [-0.4, -0.2) is 16.1 Å². The van der Waals surface area contributed by atoms with Crippen LogP contribution in [0.15, 0.2) is 18.3 Å². The van der Waals surface area contributed by atoms with Crippen LogP contribution < -0.4 is 0 Å². The molecule has 0 aliphatic rings. The number of pyridine rings is 1. The van der Waals surface area contributed by atoms with Gasteiger partial charge in [0.2, 0.25) is 0 Å². The molecular formula is C12H4Cl5NO2. The lowest BCUT2D eigenvalue weighted by Crippen LogP contribution is -2.00. The summed E-state index contributed by atoms with van der Waals surface area (Å²) in [5.74, 6) is -1.18. The van der Waals surface area contributed by atoms with E-state index in [1.165, 1.54) is 12.3 Å². The average molecular weight is 371 g/mol. The van der Waals surface area contributed by atoms with E-state index in [4.69, 9.17) is 63.1 Å². The Bertz CT molecular complexity index is 688. The van der Waals surface area contributed by atoms with E-state index in [-0.39, 0.29) is 30.8 Å². The molecule has 104 valence electrons. The zero-order valence-corrected chi connectivity index (χ0v) is 13.2. The molecule has 2 aromatic rings. The number of carboxylic acid groups (broad SMARTS) is 1. The summed E-state index contributed by atoms with van der Waals surface area (Å²) in [6.07, 6.45) is 1.32. The molecule has 1 N–H and O–H groups in total. The van der Waals surface area contributed by atoms with Crippen molar-refractivity contribution in [3.63, 3.8) is 0 Å². The number of rotatable bonds is 2. The summed E-state index contributed by atoms with van der Waals surface area (Å²) in [4.78, 5) is 14.6. The van der Waals surface area contributed by atoms with Crippen molar-refractivity contribution < 1.29 is 9.90 Å². The maximum absolute atomic E-state index is 10.9. The van der Waals surface area contributed by atoms with Crippen molar-refractivity contribution in [1.82, 2.24) is 4.98 Å². The van der Waals surface area contributed by atoms with Crippen LogP contribution in [0.4, 0.5) is 0 Å². The van der Waals surface area contributed by atoms with Gasteiger partial charge in [0.25, 0.3) is 0 Å². The Kier molecular flexibility index (Phi) is 4.67. The maximum Gasteiger partial charge on any atom is 0.354 e. The van der Waals surface area contributed by atoms with Crippen LogP contribution in [0.3, 0.4) is 0 Å². The summed E-state index contributed by atoms with van der Waals surface area (Å²) < 4.78 is 0. The normalized spacial score (nSPS) is 10.7. The van der Waals surface area contributed by atoms with Crippen molar-refractivity contribution in [2.45, 2.75) is 0 Å². The summed E-state index contributed by atoms with van der Waals surface area (Å²) in [7, 11) is 0. The van der Waals surface area contributed by atoms with Crippen molar-refractivity contribution in [2.24, 2.45) is 0 Å². The Morgan fingerprint density at radius 3 is 1.95 bits per heavy atom. The van der Waals surface area contributed by atoms with Gasteiger partial charge in [-0.15, -0.1) is 0 Å². The minimum absolute atomic E-state index is 0.0413. The van der Waals surface area contributed by atoms with Gasteiger partial charge in [0, 0.05) is 11.8 Å². The largest absolute Gasteiger partial charge is 0.477 e. The number of benzene rings is 1. The van der Waals surface area contributed by atoms with Gasteiger partial charge in [-0.25, -0.2) is 9.78 Å². The van der Waals surface area contributed by atoms with Crippen LogP contribution in [-0.2, 0) is 0 Å². The van der Waals surface area contributed by atoms with E-state index < -0.39 is 5.97 Å². The Morgan fingerprint density at radius 1 is 0.950 bits per heavy atom. The molecule has 2 rings (SSSR count). The first kappa shape index (κ1) is 15.7. The molecule has 8 heteroatoms. The number of aromatic carboxylic acids is 1. The van der Waals surface area contributed by atoms with Gasteiger partial charge in [-0.2, -0.15) is 0 Å². The predicted octanol–water partition coefficient (Wildman–Crippen LogP) is 5.71. The second-order valence-electron chi connectivity index (χ2n) is 3.68. The fourth-order valence-corrected chi connectivity index (χ4v) is 2.92. The van der Waals surface area contributed by atoms with Crippen LogP contribution in [0.5, 0.6) is 0 Å². The summed E-state index contributed by atoms with van der Waals surface area (Å²) in [6.45, 7) is 0. The molecule has 0 atom stereocenters. The second kappa shape index (κ2) is 5.96. The second-order valence-corrected chi connectivity index (χ2v) is 5.57. The first-order chi connectivity index (χ1) is 9.34. The minimum atomic E-state index is -1.18. The standard InChI is InChI=1S/C12H4Cl5NO2/c13-7-6(8(14)10(16)11(17)9(7)15)4-1-2-18-5(3-4)12(19)20/h1-3H,(H,19,20). The first-order valence-corrected chi connectivity index (χ1v) is 6.94. The Hall–Kier alpha value is -0.710. The van der Waals surface area contributed by atoms with Crippen molar-refractivity contribution in [3.05, 3.63) is 49.1 Å². The number of halogens is 5. The van der Waals surface area contributed by atoms with Gasteiger partial charge in [0.05, 0.1) is 25.1 Å². The highest BCUT2D eigenvalue weighted by molar-refractivity contribution is 6.56. The zero-order chi connectivity index (χ0) is 15.0. The molecule has 0 saturated carbocycles. The van der Waals surface area contributed by atoms with Crippen molar-refractivity contribution in [3.8, 4) is 11.1 Å². The Labute approximate surface area is 139 Å². The molecule has 0 fully saturated rings. The Balaban J connectivity index is 2.76. The van der Waals surface area contributed by atoms with Gasteiger partial charge in [0.1, 0.15) is 5.69 Å². The monoisotopic (exact) mass is 369 g/mol. The van der Waals surface area contributed by atoms with Gasteiger partial charge in [-0.1, -0.05) is 58.0 Å². The third-order valence-corrected chi connectivity index (χ3v) is 4.75. The van der Waals surface area contributed by atoms with E-state index in [1.807, 2.05) is 0 Å². The zero-order valence-electron chi connectivity index (χ0n) is 9.42. The molecule has 1 heterocycles. The summed E-state index contributed by atoms with van der Waals surface area (Å²) in [5.41, 5.74) is 0.572. The first-order valence-electron chi connectivity index (χ1n) is 5.05. The van der Waals surface area contributed by atoms with Crippen LogP contribution in [0.2, 0.25) is 25.1 Å². The SMILES string of the molecule is O=C(O)c1cc(-c2c(Cl)c(Cl)c(Cl)c(Cl)c2Cl)ccn1. The van der Waals surface area contributed by atoms with Crippen molar-refractivity contribution in [2.75, 3.05) is 0 Å². The third-order valence-electron chi connectivity index (χ3n) is 2.48. The van der Waals surface area contributed by atoms with Crippen LogP contribution in [0.25, 0.3) is 11.1 Å². The fourth-order valence-electron chi connectivity index (χ4n) is 1.56. The molecule has 1 aromatic heterocycles. The van der Waals surface area contributed by atoms with Crippen molar-refractivity contribution >= 4 is 64.0 Å². The van der Waals surface area contributed by atoms with Crippen LogP contribution in [0, 0.1) is 0 Å². The minimum Gasteiger partial charge on any atom is -0.477 e. The van der Waals surface area contributed by atoms with E-state index in [2.05, 4.69) is 4.98 Å². The summed E-state index contributed by atoms with van der Waals surface area (Å²) in [6, 6.07) is 2.86. The highest BCUT2D eigenvalue weighted by Gasteiger charge is 2.21. The number of aromatic nitrogens is 1. The quantitative estimate of drug-likeness (QED) is 0.543. The molecule has 20 heavy (non-hydrogen) atoms. The maximum atomic E-state index is 10.9. The third kappa shape index (κ3) is 2.69. The highest BCUT2D eigenvalue weighted by Crippen LogP contribution is 2.48. The van der Waals surface area contributed by atoms with E-state index in [0.29, 0.717) is 11.1 Å². The average Bonchev–Trinajstić information content (AvgIpc) is 2.43. The highest BCUT2D eigenvalue weighted by atomic mass is 35.5. The van der Waals surface area contributed by atoms with Gasteiger partial charge < -0.3 is 5.11 Å². The molecule has 0 aliphatic carbocycles. The van der Waals surface area contributed by atoms with Crippen molar-refractivity contribution in [1.29, 1.82) is 0 Å². The number of hydrogen-bond acceptors (Lipinski definition) is 2. The molecule has 0 saturated heterocycles. The number of hydrogen-bond donors (Lipinski definition) is 1. The predicted molar refractivity (Wildman–Crippen MR) is 81.7 cm³/mol. The van der Waals surface area contributed by atoms with Crippen LogP contribution in [0.1, 0.15) is 10.5 Å². The molecule has 0 unspecified atom stereocenters. The van der Waals surface area contributed by atoms with E-state index in [1.54, 1.807) is 6.07 Å². The van der Waals surface area contributed by atoms with Gasteiger partial charge in [-0.05, 0) is 17.7 Å². The van der Waals surface area contributed by atoms with E-state index in [9.17, 15) is 4.79 Å². The fraction of sp³-hybridized carbons (Fsp3) is 0. The lowest BCUT2D eigenvalue weighted by Gasteiger charge is -2.12. The number of carbonyl (C=O) groups is 1. The molecule has 3 nitrogen and oxygen atoms in total. The topological polar surface area (TPSA) is 50.2 Å². The summed E-state index contributed by atoms with van der Waals surface area (Å²) in [5, 5.41) is 9.27. The summed E-state index contributed by atoms with van der Waals surface area (Å²) >= 11 is 30.1. The van der Waals surface area contributed by atoms with Crippen LogP contribution >= 0.6 is 58.0 Å². The molecular weight excluding hydrogens is 367 g/mol. The van der Waals surface area contributed by atoms with Gasteiger partial charge in [0.15, 0.2) is 0 Å². The lowest BCUT2D eigenvalue weighted by atomic mass is 10.1. The molecule has 0 amide bonds. The van der Waals surface area contributed by atoms with E-state index in [0.717, 1.165) is 0 Å². The molecule has 0 radical (unpaired) electrons. The molecule has 0 bridgehead atoms. The smallest absolute Gasteiger partial charge is 0.354 e. The Morgan fingerprint density at radius 2 is 1.45 bits per heavy atom. The van der Waals surface area contributed by atoms with Gasteiger partial charge >= 0.3 is 5.97 Å². The number of nitrogens with zero attached hydrogens (tertiary/aromatic N) is 1. The van der Waals surface area contributed by atoms with Gasteiger partial charge in [-0.3, -0.25) is 0 Å². The lowest BCUT2D eigenvalue weighted by molar-refractivity contribution is 0.0690.